The minimum Gasteiger partial charge on any atom is -0.365 e. The number of nitrogens with zero attached hydrogens (tertiary/aromatic N) is 2. The van der Waals surface area contributed by atoms with Crippen LogP contribution >= 0.6 is 15.9 Å². The van der Waals surface area contributed by atoms with Gasteiger partial charge in [-0.2, -0.15) is 0 Å². The van der Waals surface area contributed by atoms with Gasteiger partial charge in [-0.15, -0.1) is 0 Å². The Bertz CT molecular complexity index is 1370. The molecular weight excluding hydrogens is 498 g/mol. The Hall–Kier alpha value is -3.54. The first-order valence-corrected chi connectivity index (χ1v) is 14.5. The lowest BCUT2D eigenvalue weighted by Crippen LogP contribution is -2.28. The van der Waals surface area contributed by atoms with E-state index in [0.717, 1.165) is 21.1 Å². The third-order valence-electron chi connectivity index (χ3n) is 5.83. The second kappa shape index (κ2) is 9.84. The summed E-state index contributed by atoms with van der Waals surface area (Å²) in [4.78, 5) is 25.8. The summed E-state index contributed by atoms with van der Waals surface area (Å²) in [5, 5.41) is 0. The maximum Gasteiger partial charge on any atom is 0.218 e. The summed E-state index contributed by atoms with van der Waals surface area (Å²) in [5.74, 6) is 2.08. The van der Waals surface area contributed by atoms with Crippen LogP contribution in [0.1, 0.15) is 11.1 Å². The number of benzene rings is 4. The van der Waals surface area contributed by atoms with Crippen LogP contribution in [-0.2, 0) is 21.5 Å². The summed E-state index contributed by atoms with van der Waals surface area (Å²) in [7, 11) is -4.73. The molecule has 36 heavy (non-hydrogen) atoms. The highest BCUT2D eigenvalue weighted by Gasteiger charge is 2.29. The van der Waals surface area contributed by atoms with Crippen LogP contribution in [0.4, 0.5) is 0 Å². The highest BCUT2D eigenvalue weighted by Crippen LogP contribution is 2.46. The fourth-order valence-corrected chi connectivity index (χ4v) is 6.36. The Morgan fingerprint density at radius 1 is 0.556 bits per heavy atom. The third-order valence-corrected chi connectivity index (χ3v) is 8.37. The van der Waals surface area contributed by atoms with E-state index >= 15 is 0 Å². The highest BCUT2D eigenvalue weighted by atomic mass is 31.1. The van der Waals surface area contributed by atoms with Crippen LogP contribution < -0.4 is 19.4 Å². The molecule has 2 aliphatic heterocycles. The maximum absolute atomic E-state index is 12.9. The van der Waals surface area contributed by atoms with E-state index in [1.165, 1.54) is 0 Å². The van der Waals surface area contributed by atoms with Gasteiger partial charge < -0.3 is 28.5 Å². The fourth-order valence-electron chi connectivity index (χ4n) is 4.07. The average Bonchev–Trinajstić information content (AvgIpc) is 2.90. The Morgan fingerprint density at radius 3 is 1.42 bits per heavy atom. The summed E-state index contributed by atoms with van der Waals surface area (Å²) in [6, 6.07) is 29.5. The molecule has 0 N–H and O–H groups in total. The van der Waals surface area contributed by atoms with E-state index in [0.29, 0.717) is 46.4 Å². The van der Waals surface area contributed by atoms with E-state index in [1.54, 1.807) is 12.1 Å². The molecule has 0 aliphatic carbocycles. The molecule has 6 rings (SSSR count). The quantitative estimate of drug-likeness (QED) is 0.276. The molecule has 0 spiro atoms. The Labute approximate surface area is 209 Å². The van der Waals surface area contributed by atoms with Crippen molar-refractivity contribution in [3.63, 3.8) is 0 Å². The molecule has 0 amide bonds. The molecule has 0 aromatic heterocycles. The lowest BCUT2D eigenvalue weighted by molar-refractivity contribution is -0.178. The second-order valence-electron chi connectivity index (χ2n) is 8.23. The normalized spacial score (nSPS) is 19.3. The monoisotopic (exact) mass is 520 g/mol. The number of hydrogen-bond donors (Lipinski definition) is 0. The number of rotatable bonds is 5. The van der Waals surface area contributed by atoms with Crippen LogP contribution in [0.5, 0.6) is 23.0 Å². The second-order valence-corrected chi connectivity index (χ2v) is 11.2. The molecule has 0 saturated heterocycles. The predicted molar refractivity (Wildman–Crippen MR) is 136 cm³/mol. The molecule has 0 bridgehead atoms. The standard InChI is InChI=1S/C26H22N2O6P2/c29-35-17-19-9-1-5-13-23(19)31-27(35)33-25-15-7-3-11-21(25)22-12-4-8-16-26(22)34-28-32-24-14-6-2-10-20(24)18-36(28)30/h1-16,35-36H,17-18H2. The fraction of sp³-hybridized carbons (Fsp3) is 0.0769. The van der Waals surface area contributed by atoms with Crippen molar-refractivity contribution in [2.45, 2.75) is 12.3 Å². The van der Waals surface area contributed by atoms with Crippen molar-refractivity contribution in [3.05, 3.63) is 108 Å². The predicted octanol–water partition coefficient (Wildman–Crippen LogP) is 6.51. The van der Waals surface area contributed by atoms with Gasteiger partial charge in [-0.05, 0) is 24.3 Å². The molecule has 2 atom stereocenters. The highest BCUT2D eigenvalue weighted by molar-refractivity contribution is 7.41. The van der Waals surface area contributed by atoms with Crippen molar-refractivity contribution in [3.8, 4) is 34.1 Å². The van der Waals surface area contributed by atoms with Gasteiger partial charge >= 0.3 is 0 Å². The van der Waals surface area contributed by atoms with Gasteiger partial charge in [-0.3, -0.25) is 0 Å². The minimum atomic E-state index is -2.36. The van der Waals surface area contributed by atoms with E-state index in [1.807, 2.05) is 84.9 Å². The Balaban J connectivity index is 1.29. The number of para-hydroxylation sites is 4. The first-order chi connectivity index (χ1) is 17.7. The molecule has 4 aromatic carbocycles. The number of fused-ring (bicyclic) bond motifs is 2. The average molecular weight is 520 g/mol. The van der Waals surface area contributed by atoms with Gasteiger partial charge in [0.05, 0.1) is 9.99 Å². The molecule has 0 radical (unpaired) electrons. The molecule has 2 heterocycles. The topological polar surface area (TPSA) is 77.5 Å². The summed E-state index contributed by atoms with van der Waals surface area (Å²) in [6.07, 6.45) is 0.704. The Kier molecular flexibility index (Phi) is 6.26. The SMILES string of the molecule is O=[PH]1Cc2ccccc2ON1Oc1ccccc1-c1ccccc1ON1Oc2ccccc2C[PH]1=O. The van der Waals surface area contributed by atoms with Crippen molar-refractivity contribution in [2.75, 3.05) is 0 Å². The number of hydrogen-bond acceptors (Lipinski definition) is 6. The molecule has 0 fully saturated rings. The van der Waals surface area contributed by atoms with E-state index in [-0.39, 0.29) is 0 Å². The largest absolute Gasteiger partial charge is 0.365 e. The molecule has 182 valence electrons. The summed E-state index contributed by atoms with van der Waals surface area (Å²) in [5.41, 5.74) is 3.13. The zero-order valence-electron chi connectivity index (χ0n) is 19.0. The van der Waals surface area contributed by atoms with Gasteiger partial charge in [0.25, 0.3) is 0 Å². The summed E-state index contributed by atoms with van der Waals surface area (Å²) < 4.78 is 25.7. The Morgan fingerprint density at radius 2 is 0.944 bits per heavy atom. The van der Waals surface area contributed by atoms with Gasteiger partial charge in [0, 0.05) is 34.6 Å². The molecule has 8 nitrogen and oxygen atoms in total. The first kappa shape index (κ1) is 22.9. The van der Waals surface area contributed by atoms with Crippen LogP contribution in [0, 0.1) is 0 Å². The van der Waals surface area contributed by atoms with Gasteiger partial charge in [0.1, 0.15) is 0 Å². The van der Waals surface area contributed by atoms with Crippen LogP contribution in [-0.4, -0.2) is 9.99 Å². The van der Waals surface area contributed by atoms with Crippen LogP contribution in [0.25, 0.3) is 11.1 Å². The van der Waals surface area contributed by atoms with Crippen molar-refractivity contribution in [1.29, 1.82) is 0 Å². The maximum atomic E-state index is 12.9. The van der Waals surface area contributed by atoms with E-state index in [4.69, 9.17) is 19.4 Å². The zero-order chi connectivity index (χ0) is 24.5. The van der Waals surface area contributed by atoms with Crippen LogP contribution in [0.15, 0.2) is 97.1 Å². The lowest BCUT2D eigenvalue weighted by atomic mass is 10.0. The van der Waals surface area contributed by atoms with Gasteiger partial charge in [-0.25, -0.2) is 0 Å². The van der Waals surface area contributed by atoms with Gasteiger partial charge in [0.2, 0.25) is 15.9 Å². The lowest BCUT2D eigenvalue weighted by Gasteiger charge is -2.28. The molecule has 10 heteroatoms. The molecular formula is C26H22N2O6P2. The zero-order valence-corrected chi connectivity index (χ0v) is 21.0. The van der Waals surface area contributed by atoms with Crippen LogP contribution in [0.2, 0.25) is 0 Å². The van der Waals surface area contributed by atoms with Gasteiger partial charge in [0.15, 0.2) is 23.0 Å². The molecule has 4 aromatic rings. The van der Waals surface area contributed by atoms with Crippen molar-refractivity contribution in [2.24, 2.45) is 0 Å². The molecule has 0 saturated carbocycles. The molecule has 2 unspecified atom stereocenters. The van der Waals surface area contributed by atoms with Crippen LogP contribution in [0.3, 0.4) is 0 Å². The summed E-state index contributed by atoms with van der Waals surface area (Å²) >= 11 is 0. The summed E-state index contributed by atoms with van der Waals surface area (Å²) in [6.45, 7) is 0. The van der Waals surface area contributed by atoms with Crippen molar-refractivity contribution in [1.82, 2.24) is 9.99 Å². The van der Waals surface area contributed by atoms with E-state index in [9.17, 15) is 9.13 Å². The molecule has 2 aliphatic rings. The van der Waals surface area contributed by atoms with Gasteiger partial charge in [-0.1, -0.05) is 72.8 Å². The minimum absolute atomic E-state index is 0.352. The first-order valence-electron chi connectivity index (χ1n) is 11.4. The van der Waals surface area contributed by atoms with Crippen molar-refractivity contribution < 1.29 is 28.5 Å². The smallest absolute Gasteiger partial charge is 0.218 e. The van der Waals surface area contributed by atoms with E-state index < -0.39 is 15.9 Å². The third kappa shape index (κ3) is 4.52. The van der Waals surface area contributed by atoms with E-state index in [2.05, 4.69) is 0 Å². The van der Waals surface area contributed by atoms with Crippen molar-refractivity contribution >= 4 is 15.9 Å².